The minimum atomic E-state index is -0.896. The molecule has 1 saturated carbocycles. The smallest absolute Gasteiger partial charge is 0.311 e. The van der Waals surface area contributed by atoms with Crippen LogP contribution < -0.4 is 0 Å². The highest BCUT2D eigenvalue weighted by Gasteiger charge is 2.24. The summed E-state index contributed by atoms with van der Waals surface area (Å²) in [6.07, 6.45) is 2.30. The monoisotopic (exact) mass is 182 g/mol. The highest BCUT2D eigenvalue weighted by atomic mass is 16.4. The summed E-state index contributed by atoms with van der Waals surface area (Å²) in [5.41, 5.74) is 0. The van der Waals surface area contributed by atoms with E-state index in [1.807, 2.05) is 0 Å². The fraction of sp³-hybridized carbons (Fsp3) is 0.714. The molecule has 6 nitrogen and oxygen atoms in total. The Kier molecular flexibility index (Phi) is 1.96. The Labute approximate surface area is 74.6 Å². The number of rotatable bonds is 4. The van der Waals surface area contributed by atoms with E-state index in [0.717, 1.165) is 6.54 Å². The predicted molar refractivity (Wildman–Crippen MR) is 41.9 cm³/mol. The molecule has 1 N–H and O–H groups in total. The summed E-state index contributed by atoms with van der Waals surface area (Å²) >= 11 is 0. The van der Waals surface area contributed by atoms with Crippen LogP contribution in [-0.2, 0) is 17.8 Å². The number of hydrogen-bond acceptors (Lipinski definition) is 4. The van der Waals surface area contributed by atoms with Crippen LogP contribution in [0.2, 0.25) is 0 Å². The van der Waals surface area contributed by atoms with Gasteiger partial charge in [0.2, 0.25) is 0 Å². The highest BCUT2D eigenvalue weighted by molar-refractivity contribution is 5.68. The second kappa shape index (κ2) is 3.12. The number of nitrogens with zero attached hydrogens (tertiary/aromatic N) is 4. The molecule has 1 aromatic rings. The Morgan fingerprint density at radius 2 is 2.38 bits per heavy atom. The normalized spacial score (nSPS) is 16.0. The van der Waals surface area contributed by atoms with Gasteiger partial charge < -0.3 is 5.11 Å². The van der Waals surface area contributed by atoms with Gasteiger partial charge in [0.25, 0.3) is 0 Å². The van der Waals surface area contributed by atoms with E-state index < -0.39 is 5.97 Å². The molecule has 70 valence electrons. The fourth-order valence-corrected chi connectivity index (χ4v) is 1.17. The Balaban J connectivity index is 2.05. The molecule has 1 fully saturated rings. The zero-order valence-electron chi connectivity index (χ0n) is 7.05. The molecule has 0 saturated heterocycles. The van der Waals surface area contributed by atoms with Crippen LogP contribution in [0.3, 0.4) is 0 Å². The first-order chi connectivity index (χ1) is 6.25. The summed E-state index contributed by atoms with van der Waals surface area (Å²) in [7, 11) is 0. The maximum Gasteiger partial charge on any atom is 0.311 e. The number of aliphatic carboxylic acids is 1. The van der Waals surface area contributed by atoms with Crippen LogP contribution in [0.15, 0.2) is 0 Å². The molecule has 13 heavy (non-hydrogen) atoms. The van der Waals surface area contributed by atoms with E-state index in [-0.39, 0.29) is 6.42 Å². The molecule has 1 aliphatic rings. The minimum Gasteiger partial charge on any atom is -0.481 e. The first-order valence-electron chi connectivity index (χ1n) is 4.22. The van der Waals surface area contributed by atoms with Crippen LogP contribution in [0.4, 0.5) is 0 Å². The van der Waals surface area contributed by atoms with Gasteiger partial charge in [0, 0.05) is 6.54 Å². The molecule has 0 bridgehead atoms. The van der Waals surface area contributed by atoms with Gasteiger partial charge in [-0.3, -0.25) is 4.79 Å². The van der Waals surface area contributed by atoms with Crippen LogP contribution in [0.25, 0.3) is 0 Å². The topological polar surface area (TPSA) is 80.9 Å². The molecular formula is C7H10N4O2. The molecule has 1 aliphatic carbocycles. The zero-order valence-corrected chi connectivity index (χ0v) is 7.05. The molecule has 1 aromatic heterocycles. The highest BCUT2D eigenvalue weighted by Crippen LogP contribution is 2.30. The van der Waals surface area contributed by atoms with Crippen molar-refractivity contribution in [2.24, 2.45) is 5.92 Å². The van der Waals surface area contributed by atoms with E-state index in [9.17, 15) is 4.79 Å². The summed E-state index contributed by atoms with van der Waals surface area (Å²) in [5, 5.41) is 19.4. The average Bonchev–Trinajstić information content (AvgIpc) is 2.75. The van der Waals surface area contributed by atoms with E-state index in [4.69, 9.17) is 5.11 Å². The second-order valence-electron chi connectivity index (χ2n) is 3.29. The fourth-order valence-electron chi connectivity index (χ4n) is 1.17. The third-order valence-corrected chi connectivity index (χ3v) is 2.04. The molecule has 1 heterocycles. The van der Waals surface area contributed by atoms with Crippen molar-refractivity contribution < 1.29 is 9.90 Å². The lowest BCUT2D eigenvalue weighted by Crippen LogP contribution is -2.11. The molecule has 0 aromatic carbocycles. The van der Waals surface area contributed by atoms with Crippen molar-refractivity contribution in [2.45, 2.75) is 25.8 Å². The van der Waals surface area contributed by atoms with Gasteiger partial charge in [0.05, 0.1) is 0 Å². The van der Waals surface area contributed by atoms with Crippen molar-refractivity contribution in [3.05, 3.63) is 5.82 Å². The average molecular weight is 182 g/mol. The molecule has 0 atom stereocenters. The standard InChI is InChI=1S/C7H10N4O2/c12-7(13)3-6-8-9-10-11(6)4-5-1-2-5/h5H,1-4H2,(H,12,13). The third kappa shape index (κ3) is 2.01. The molecule has 0 radical (unpaired) electrons. The van der Waals surface area contributed by atoms with Crippen molar-refractivity contribution in [3.8, 4) is 0 Å². The Hall–Kier alpha value is -1.46. The maximum absolute atomic E-state index is 10.4. The maximum atomic E-state index is 10.4. The van der Waals surface area contributed by atoms with Crippen molar-refractivity contribution in [2.75, 3.05) is 0 Å². The van der Waals surface area contributed by atoms with Gasteiger partial charge in [-0.1, -0.05) is 0 Å². The lowest BCUT2D eigenvalue weighted by molar-refractivity contribution is -0.136. The van der Waals surface area contributed by atoms with Gasteiger partial charge >= 0.3 is 5.97 Å². The van der Waals surface area contributed by atoms with Crippen LogP contribution in [0.5, 0.6) is 0 Å². The first-order valence-corrected chi connectivity index (χ1v) is 4.22. The van der Waals surface area contributed by atoms with Gasteiger partial charge in [-0.05, 0) is 29.2 Å². The van der Waals surface area contributed by atoms with Crippen LogP contribution in [0.1, 0.15) is 18.7 Å². The largest absolute Gasteiger partial charge is 0.481 e. The summed E-state index contributed by atoms with van der Waals surface area (Å²) in [4.78, 5) is 10.4. The third-order valence-electron chi connectivity index (χ3n) is 2.04. The summed E-state index contributed by atoms with van der Waals surface area (Å²) < 4.78 is 1.59. The summed E-state index contributed by atoms with van der Waals surface area (Å²) in [5.74, 6) is 0.197. The van der Waals surface area contributed by atoms with Gasteiger partial charge in [-0.2, -0.15) is 0 Å². The molecule has 6 heteroatoms. The molecular weight excluding hydrogens is 172 g/mol. The molecule has 0 amide bonds. The Morgan fingerprint density at radius 1 is 1.62 bits per heavy atom. The number of carboxylic acid groups (broad SMARTS) is 1. The number of carbonyl (C=O) groups is 1. The summed E-state index contributed by atoms with van der Waals surface area (Å²) in [6, 6.07) is 0. The van der Waals surface area contributed by atoms with Crippen molar-refractivity contribution >= 4 is 5.97 Å². The SMILES string of the molecule is O=C(O)Cc1nnnn1CC1CC1. The predicted octanol–water partition coefficient (Wildman–Crippen LogP) is -0.290. The van der Waals surface area contributed by atoms with E-state index in [0.29, 0.717) is 11.7 Å². The molecule has 0 aliphatic heterocycles. The molecule has 2 rings (SSSR count). The number of aromatic nitrogens is 4. The van der Waals surface area contributed by atoms with E-state index in [2.05, 4.69) is 15.5 Å². The van der Waals surface area contributed by atoms with Crippen molar-refractivity contribution in [3.63, 3.8) is 0 Å². The van der Waals surface area contributed by atoms with E-state index in [1.54, 1.807) is 4.68 Å². The molecule has 0 spiro atoms. The van der Waals surface area contributed by atoms with Gasteiger partial charge in [0.1, 0.15) is 6.42 Å². The van der Waals surface area contributed by atoms with Gasteiger partial charge in [-0.15, -0.1) is 5.10 Å². The van der Waals surface area contributed by atoms with Gasteiger partial charge in [-0.25, -0.2) is 4.68 Å². The Bertz CT molecular complexity index is 318. The van der Waals surface area contributed by atoms with Gasteiger partial charge in [0.15, 0.2) is 5.82 Å². The summed E-state index contributed by atoms with van der Waals surface area (Å²) in [6.45, 7) is 0.760. The zero-order chi connectivity index (χ0) is 9.26. The van der Waals surface area contributed by atoms with Crippen LogP contribution in [-0.4, -0.2) is 31.3 Å². The first kappa shape index (κ1) is 8.15. The number of hydrogen-bond donors (Lipinski definition) is 1. The number of carboxylic acids is 1. The number of tetrazole rings is 1. The van der Waals surface area contributed by atoms with E-state index >= 15 is 0 Å². The lowest BCUT2D eigenvalue weighted by atomic mass is 10.4. The van der Waals surface area contributed by atoms with Crippen molar-refractivity contribution in [1.82, 2.24) is 20.2 Å². The minimum absolute atomic E-state index is 0.0975. The van der Waals surface area contributed by atoms with Crippen LogP contribution in [0, 0.1) is 5.92 Å². The quantitative estimate of drug-likeness (QED) is 0.692. The van der Waals surface area contributed by atoms with Crippen LogP contribution >= 0.6 is 0 Å². The Morgan fingerprint density at radius 3 is 3.00 bits per heavy atom. The van der Waals surface area contributed by atoms with E-state index in [1.165, 1.54) is 12.8 Å². The molecule has 0 unspecified atom stereocenters. The second-order valence-corrected chi connectivity index (χ2v) is 3.29. The lowest BCUT2D eigenvalue weighted by Gasteiger charge is -1.99. The van der Waals surface area contributed by atoms with Crippen molar-refractivity contribution in [1.29, 1.82) is 0 Å².